The summed E-state index contributed by atoms with van der Waals surface area (Å²) in [4.78, 5) is 0. The van der Waals surface area contributed by atoms with E-state index in [4.69, 9.17) is 0 Å². The van der Waals surface area contributed by atoms with Gasteiger partial charge in [0.2, 0.25) is 0 Å². The van der Waals surface area contributed by atoms with Crippen molar-refractivity contribution in [3.05, 3.63) is 0 Å². The van der Waals surface area contributed by atoms with Crippen molar-refractivity contribution in [1.29, 1.82) is 0 Å². The highest BCUT2D eigenvalue weighted by Crippen LogP contribution is 2.46. The van der Waals surface area contributed by atoms with Gasteiger partial charge in [0.1, 0.15) is 0 Å². The molecule has 0 aromatic rings. The molecule has 0 aliphatic heterocycles. The highest BCUT2D eigenvalue weighted by molar-refractivity contribution is 4.85. The zero-order valence-corrected chi connectivity index (χ0v) is 13.6. The molecule has 2 fully saturated rings. The van der Waals surface area contributed by atoms with Gasteiger partial charge in [-0.05, 0) is 49.4 Å². The Labute approximate surface area is 121 Å². The Morgan fingerprint density at radius 3 is 1.95 bits per heavy atom. The topological polar surface area (TPSA) is 0 Å². The van der Waals surface area contributed by atoms with E-state index in [1.54, 1.807) is 0 Å². The van der Waals surface area contributed by atoms with E-state index in [9.17, 15) is 0 Å². The smallest absolute Gasteiger partial charge is 0.0298 e. The molecule has 2 saturated carbocycles. The van der Waals surface area contributed by atoms with Gasteiger partial charge in [0.15, 0.2) is 0 Å². The molecule has 0 aromatic heterocycles. The van der Waals surface area contributed by atoms with E-state index < -0.39 is 0 Å². The summed E-state index contributed by atoms with van der Waals surface area (Å²) in [6, 6.07) is 0. The van der Waals surface area contributed by atoms with Gasteiger partial charge in [0, 0.05) is 0 Å². The third-order valence-electron chi connectivity index (χ3n) is 6.26. The molecule has 19 heavy (non-hydrogen) atoms. The van der Waals surface area contributed by atoms with Crippen molar-refractivity contribution in [3.63, 3.8) is 0 Å². The highest BCUT2D eigenvalue weighted by atomic mass is 14.4. The molecule has 0 saturated heterocycles. The van der Waals surface area contributed by atoms with Crippen LogP contribution in [0.5, 0.6) is 0 Å². The fraction of sp³-hybridized carbons (Fsp3) is 1.00. The Bertz CT molecular complexity index is 232. The molecule has 0 N–H and O–H groups in total. The Balaban J connectivity index is 1.85. The normalized spacial score (nSPS) is 26.2. The van der Waals surface area contributed by atoms with Crippen LogP contribution in [-0.2, 0) is 0 Å². The van der Waals surface area contributed by atoms with E-state index in [1.807, 2.05) is 0 Å². The van der Waals surface area contributed by atoms with Crippen molar-refractivity contribution >= 4 is 0 Å². The molecule has 0 amide bonds. The minimum absolute atomic E-state index is 0.673. The summed E-state index contributed by atoms with van der Waals surface area (Å²) < 4.78 is 0. The second-order valence-corrected chi connectivity index (χ2v) is 7.78. The zero-order valence-electron chi connectivity index (χ0n) is 13.6. The SMILES string of the molecule is CCCC(C)(CCC1CCCCC1)C1CCCCC1. The molecular formula is C19H36. The average molecular weight is 264 g/mol. The number of hydrogen-bond acceptors (Lipinski definition) is 0. The molecule has 0 spiro atoms. The van der Waals surface area contributed by atoms with Crippen molar-refractivity contribution in [2.75, 3.05) is 0 Å². The molecule has 0 heteroatoms. The highest BCUT2D eigenvalue weighted by Gasteiger charge is 2.34. The molecule has 1 unspecified atom stereocenters. The predicted octanol–water partition coefficient (Wildman–Crippen LogP) is 6.73. The second-order valence-electron chi connectivity index (χ2n) is 7.78. The summed E-state index contributed by atoms with van der Waals surface area (Å²) >= 11 is 0. The van der Waals surface area contributed by atoms with E-state index in [1.165, 1.54) is 89.9 Å². The summed E-state index contributed by atoms with van der Waals surface area (Å²) in [5, 5.41) is 0. The first-order valence-corrected chi connectivity index (χ1v) is 9.24. The first-order valence-electron chi connectivity index (χ1n) is 9.24. The van der Waals surface area contributed by atoms with Crippen LogP contribution in [0.25, 0.3) is 0 Å². The maximum absolute atomic E-state index is 2.63. The van der Waals surface area contributed by atoms with Gasteiger partial charge < -0.3 is 0 Å². The standard InChI is InChI=1S/C19H36/c1-3-15-19(2,18-12-8-5-9-13-18)16-14-17-10-6-4-7-11-17/h17-18H,3-16H2,1-2H3. The predicted molar refractivity (Wildman–Crippen MR) is 85.4 cm³/mol. The summed E-state index contributed by atoms with van der Waals surface area (Å²) in [5.41, 5.74) is 0.673. The minimum Gasteiger partial charge on any atom is -0.0654 e. The molecule has 0 heterocycles. The van der Waals surface area contributed by atoms with Crippen molar-refractivity contribution in [1.82, 2.24) is 0 Å². The van der Waals surface area contributed by atoms with Gasteiger partial charge in [-0.15, -0.1) is 0 Å². The lowest BCUT2D eigenvalue weighted by Gasteiger charge is -2.41. The van der Waals surface area contributed by atoms with Crippen molar-refractivity contribution in [2.45, 2.75) is 104 Å². The Kier molecular flexibility index (Phi) is 6.23. The van der Waals surface area contributed by atoms with Crippen molar-refractivity contribution < 1.29 is 0 Å². The van der Waals surface area contributed by atoms with Crippen molar-refractivity contribution in [2.24, 2.45) is 17.3 Å². The lowest BCUT2D eigenvalue weighted by atomic mass is 9.64. The summed E-state index contributed by atoms with van der Waals surface area (Å²) in [6.45, 7) is 5.02. The maximum atomic E-state index is 2.63. The van der Waals surface area contributed by atoms with Crippen LogP contribution in [0.1, 0.15) is 104 Å². The van der Waals surface area contributed by atoms with Gasteiger partial charge >= 0.3 is 0 Å². The van der Waals surface area contributed by atoms with Crippen LogP contribution in [-0.4, -0.2) is 0 Å². The molecule has 2 aliphatic carbocycles. The summed E-state index contributed by atoms with van der Waals surface area (Å²) in [6.07, 6.45) is 21.1. The third kappa shape index (κ3) is 4.50. The van der Waals surface area contributed by atoms with Crippen molar-refractivity contribution in [3.8, 4) is 0 Å². The fourth-order valence-electron chi connectivity index (χ4n) is 4.91. The molecule has 1 atom stereocenters. The van der Waals surface area contributed by atoms with Crippen LogP contribution < -0.4 is 0 Å². The van der Waals surface area contributed by atoms with E-state index in [-0.39, 0.29) is 0 Å². The molecular weight excluding hydrogens is 228 g/mol. The lowest BCUT2D eigenvalue weighted by molar-refractivity contribution is 0.0990. The van der Waals surface area contributed by atoms with E-state index in [2.05, 4.69) is 13.8 Å². The van der Waals surface area contributed by atoms with Gasteiger partial charge in [0.05, 0.1) is 0 Å². The van der Waals surface area contributed by atoms with Crippen LogP contribution in [0.2, 0.25) is 0 Å². The lowest BCUT2D eigenvalue weighted by Crippen LogP contribution is -2.30. The van der Waals surface area contributed by atoms with Crippen LogP contribution in [0, 0.1) is 17.3 Å². The molecule has 0 aromatic carbocycles. The Morgan fingerprint density at radius 2 is 1.37 bits per heavy atom. The molecule has 0 nitrogen and oxygen atoms in total. The zero-order chi connectivity index (χ0) is 13.6. The average Bonchev–Trinajstić information content (AvgIpc) is 2.48. The van der Waals surface area contributed by atoms with Gasteiger partial charge in [-0.2, -0.15) is 0 Å². The van der Waals surface area contributed by atoms with Crippen LogP contribution in [0.3, 0.4) is 0 Å². The molecule has 2 aliphatic rings. The minimum atomic E-state index is 0.673. The largest absolute Gasteiger partial charge is 0.0654 e. The Hall–Kier alpha value is 0. The molecule has 0 bridgehead atoms. The second kappa shape index (κ2) is 7.70. The Morgan fingerprint density at radius 1 is 0.789 bits per heavy atom. The molecule has 0 radical (unpaired) electrons. The van der Waals surface area contributed by atoms with E-state index in [0.29, 0.717) is 5.41 Å². The van der Waals surface area contributed by atoms with Gasteiger partial charge in [-0.1, -0.05) is 71.6 Å². The summed E-state index contributed by atoms with van der Waals surface area (Å²) in [7, 11) is 0. The third-order valence-corrected chi connectivity index (χ3v) is 6.26. The van der Waals surface area contributed by atoms with E-state index >= 15 is 0 Å². The first-order chi connectivity index (χ1) is 9.24. The van der Waals surface area contributed by atoms with Crippen LogP contribution in [0.15, 0.2) is 0 Å². The van der Waals surface area contributed by atoms with Gasteiger partial charge in [-0.25, -0.2) is 0 Å². The van der Waals surface area contributed by atoms with E-state index in [0.717, 1.165) is 11.8 Å². The fourth-order valence-corrected chi connectivity index (χ4v) is 4.91. The van der Waals surface area contributed by atoms with Gasteiger partial charge in [-0.3, -0.25) is 0 Å². The molecule has 112 valence electrons. The maximum Gasteiger partial charge on any atom is -0.0298 e. The summed E-state index contributed by atoms with van der Waals surface area (Å²) in [5.74, 6) is 2.12. The number of hydrogen-bond donors (Lipinski definition) is 0. The van der Waals surface area contributed by atoms with Gasteiger partial charge in [0.25, 0.3) is 0 Å². The van der Waals surface area contributed by atoms with Crippen LogP contribution in [0.4, 0.5) is 0 Å². The monoisotopic (exact) mass is 264 g/mol. The van der Waals surface area contributed by atoms with Crippen LogP contribution >= 0.6 is 0 Å². The first kappa shape index (κ1) is 15.4. The molecule has 2 rings (SSSR count). The number of rotatable bonds is 6. The quantitative estimate of drug-likeness (QED) is 0.498.